The fourth-order valence-corrected chi connectivity index (χ4v) is 2.62. The summed E-state index contributed by atoms with van der Waals surface area (Å²) in [5, 5.41) is 2.68. The summed E-state index contributed by atoms with van der Waals surface area (Å²) in [6.07, 6.45) is 1.59. The van der Waals surface area contributed by atoms with E-state index in [-0.39, 0.29) is 12.0 Å². The van der Waals surface area contributed by atoms with Crippen molar-refractivity contribution in [2.24, 2.45) is 0 Å². The summed E-state index contributed by atoms with van der Waals surface area (Å²) < 4.78 is 11.7. The number of hydrogen-bond acceptors (Lipinski definition) is 3. The van der Waals surface area contributed by atoms with Gasteiger partial charge in [-0.2, -0.15) is 0 Å². The third-order valence-electron chi connectivity index (χ3n) is 3.79. The molecule has 2 aromatic rings. The zero-order chi connectivity index (χ0) is 15.4. The number of nitrogens with one attached hydrogen (secondary N) is 1. The van der Waals surface area contributed by atoms with Gasteiger partial charge in [0.15, 0.2) is 11.5 Å². The number of carbonyl (C=O) groups excluding carboxylic acids is 1. The number of benzene rings is 2. The van der Waals surface area contributed by atoms with Crippen LogP contribution >= 0.6 is 0 Å². The number of ether oxygens (including phenoxy) is 2. The molecule has 4 nitrogen and oxygen atoms in total. The lowest BCUT2D eigenvalue weighted by Crippen LogP contribution is -2.29. The van der Waals surface area contributed by atoms with Crippen LogP contribution in [0.15, 0.2) is 48.5 Å². The molecule has 0 fully saturated rings. The summed E-state index contributed by atoms with van der Waals surface area (Å²) in [7, 11) is 1.65. The number of rotatable bonds is 4. The second-order valence-electron chi connectivity index (χ2n) is 5.27. The van der Waals surface area contributed by atoms with E-state index >= 15 is 0 Å². The van der Waals surface area contributed by atoms with Gasteiger partial charge in [0, 0.05) is 12.6 Å². The van der Waals surface area contributed by atoms with E-state index < -0.39 is 0 Å². The molecule has 0 radical (unpaired) electrons. The first kappa shape index (κ1) is 14.4. The van der Waals surface area contributed by atoms with Crippen molar-refractivity contribution in [3.05, 3.63) is 59.7 Å². The Morgan fingerprint density at radius 3 is 2.68 bits per heavy atom. The minimum absolute atomic E-state index is 0.00708. The molecule has 22 heavy (non-hydrogen) atoms. The summed E-state index contributed by atoms with van der Waals surface area (Å²) in [4.78, 5) is 11.9. The van der Waals surface area contributed by atoms with Crippen LogP contribution in [0.2, 0.25) is 0 Å². The molecule has 1 aliphatic rings. The van der Waals surface area contributed by atoms with Crippen molar-refractivity contribution in [1.82, 2.24) is 5.32 Å². The van der Waals surface area contributed by atoms with Crippen LogP contribution in [0.1, 0.15) is 22.3 Å². The van der Waals surface area contributed by atoms with Crippen LogP contribution in [0.4, 0.5) is 0 Å². The predicted molar refractivity (Wildman–Crippen MR) is 84.5 cm³/mol. The average Bonchev–Trinajstić information content (AvgIpc) is 2.59. The zero-order valence-electron chi connectivity index (χ0n) is 12.5. The molecule has 2 aromatic carbocycles. The molecule has 0 bridgehead atoms. The number of hydrogen-bond donors (Lipinski definition) is 1. The molecule has 0 spiro atoms. The standard InChI is InChI=1S/C18H19NO3/c1-19-18(20)15-7-3-2-6-13(15)10-11-14-12-21-16-8-4-5-9-17(16)22-14/h2-9,14H,10-12H2,1H3,(H,19,20)/t14-/m0/s1. The summed E-state index contributed by atoms with van der Waals surface area (Å²) >= 11 is 0. The molecule has 0 saturated carbocycles. The van der Waals surface area contributed by atoms with Crippen LogP contribution in [0.25, 0.3) is 0 Å². The lowest BCUT2D eigenvalue weighted by Gasteiger charge is -2.26. The minimum Gasteiger partial charge on any atom is -0.486 e. The zero-order valence-corrected chi connectivity index (χ0v) is 12.5. The normalized spacial score (nSPS) is 16.1. The lowest BCUT2D eigenvalue weighted by atomic mass is 10.0. The second-order valence-corrected chi connectivity index (χ2v) is 5.27. The topological polar surface area (TPSA) is 47.6 Å². The maximum atomic E-state index is 11.9. The van der Waals surface area contributed by atoms with Crippen molar-refractivity contribution in [2.75, 3.05) is 13.7 Å². The van der Waals surface area contributed by atoms with E-state index in [1.54, 1.807) is 7.05 Å². The van der Waals surface area contributed by atoms with Gasteiger partial charge in [0.1, 0.15) is 12.7 Å². The molecular weight excluding hydrogens is 278 g/mol. The third kappa shape index (κ3) is 3.06. The fraction of sp³-hybridized carbons (Fsp3) is 0.278. The minimum atomic E-state index is -0.0539. The van der Waals surface area contributed by atoms with Crippen LogP contribution in [0, 0.1) is 0 Å². The Bertz CT molecular complexity index is 669. The molecule has 3 rings (SSSR count). The second kappa shape index (κ2) is 6.52. The summed E-state index contributed by atoms with van der Waals surface area (Å²) in [5.74, 6) is 1.53. The highest BCUT2D eigenvalue weighted by Crippen LogP contribution is 2.31. The molecule has 0 saturated heterocycles. The quantitative estimate of drug-likeness (QED) is 0.944. The Morgan fingerprint density at radius 2 is 1.86 bits per heavy atom. The lowest BCUT2D eigenvalue weighted by molar-refractivity contribution is 0.0849. The van der Waals surface area contributed by atoms with Crippen LogP contribution < -0.4 is 14.8 Å². The highest BCUT2D eigenvalue weighted by Gasteiger charge is 2.21. The van der Waals surface area contributed by atoms with Gasteiger partial charge in [0.2, 0.25) is 0 Å². The number of para-hydroxylation sites is 2. The Kier molecular flexibility index (Phi) is 4.28. The van der Waals surface area contributed by atoms with Crippen molar-refractivity contribution in [2.45, 2.75) is 18.9 Å². The van der Waals surface area contributed by atoms with Gasteiger partial charge in [-0.15, -0.1) is 0 Å². The maximum Gasteiger partial charge on any atom is 0.251 e. The van der Waals surface area contributed by atoms with Crippen LogP contribution in [-0.2, 0) is 6.42 Å². The van der Waals surface area contributed by atoms with Gasteiger partial charge >= 0.3 is 0 Å². The first-order chi connectivity index (χ1) is 10.8. The van der Waals surface area contributed by atoms with Gasteiger partial charge in [-0.25, -0.2) is 0 Å². The summed E-state index contributed by atoms with van der Waals surface area (Å²) in [6, 6.07) is 15.4. The fourth-order valence-electron chi connectivity index (χ4n) is 2.62. The van der Waals surface area contributed by atoms with E-state index in [0.29, 0.717) is 6.61 Å². The van der Waals surface area contributed by atoms with E-state index in [1.807, 2.05) is 48.5 Å². The highest BCUT2D eigenvalue weighted by molar-refractivity contribution is 5.95. The molecule has 1 amide bonds. The molecule has 114 valence electrons. The van der Waals surface area contributed by atoms with Crippen LogP contribution in [-0.4, -0.2) is 25.7 Å². The highest BCUT2D eigenvalue weighted by atomic mass is 16.6. The van der Waals surface area contributed by atoms with E-state index in [0.717, 1.165) is 35.5 Å². The van der Waals surface area contributed by atoms with Crippen molar-refractivity contribution < 1.29 is 14.3 Å². The third-order valence-corrected chi connectivity index (χ3v) is 3.79. The van der Waals surface area contributed by atoms with E-state index in [4.69, 9.17) is 9.47 Å². The maximum absolute atomic E-state index is 11.9. The molecule has 1 N–H and O–H groups in total. The summed E-state index contributed by atoms with van der Waals surface area (Å²) in [6.45, 7) is 0.541. The van der Waals surface area contributed by atoms with E-state index in [2.05, 4.69) is 5.32 Å². The molecule has 1 heterocycles. The molecule has 1 aliphatic heterocycles. The van der Waals surface area contributed by atoms with Crippen LogP contribution in [0.3, 0.4) is 0 Å². The monoisotopic (exact) mass is 297 g/mol. The van der Waals surface area contributed by atoms with Crippen molar-refractivity contribution >= 4 is 5.91 Å². The average molecular weight is 297 g/mol. The van der Waals surface area contributed by atoms with E-state index in [9.17, 15) is 4.79 Å². The molecule has 1 atom stereocenters. The molecule has 4 heteroatoms. The predicted octanol–water partition coefficient (Wildman–Crippen LogP) is 2.82. The van der Waals surface area contributed by atoms with Gasteiger partial charge < -0.3 is 14.8 Å². The molecular formula is C18H19NO3. The van der Waals surface area contributed by atoms with Crippen molar-refractivity contribution in [3.63, 3.8) is 0 Å². The van der Waals surface area contributed by atoms with Gasteiger partial charge in [0.25, 0.3) is 5.91 Å². The SMILES string of the molecule is CNC(=O)c1ccccc1CC[C@H]1COc2ccccc2O1. The molecule has 0 aromatic heterocycles. The number of carbonyl (C=O) groups is 1. The molecule has 0 unspecified atom stereocenters. The van der Waals surface area contributed by atoms with Gasteiger partial charge in [0.05, 0.1) is 0 Å². The van der Waals surface area contributed by atoms with Gasteiger partial charge in [-0.3, -0.25) is 4.79 Å². The van der Waals surface area contributed by atoms with Crippen molar-refractivity contribution in [3.8, 4) is 11.5 Å². The Balaban J connectivity index is 1.66. The van der Waals surface area contributed by atoms with E-state index in [1.165, 1.54) is 0 Å². The molecule has 0 aliphatic carbocycles. The number of aryl methyl sites for hydroxylation is 1. The number of amides is 1. The Labute approximate surface area is 130 Å². The van der Waals surface area contributed by atoms with Crippen molar-refractivity contribution in [1.29, 1.82) is 0 Å². The summed E-state index contributed by atoms with van der Waals surface area (Å²) in [5.41, 5.74) is 1.76. The largest absolute Gasteiger partial charge is 0.486 e. The van der Waals surface area contributed by atoms with Gasteiger partial charge in [-0.1, -0.05) is 30.3 Å². The Hall–Kier alpha value is -2.49. The number of fused-ring (bicyclic) bond motifs is 1. The van der Waals surface area contributed by atoms with Gasteiger partial charge in [-0.05, 0) is 36.6 Å². The first-order valence-electron chi connectivity index (χ1n) is 7.46. The van der Waals surface area contributed by atoms with Crippen LogP contribution in [0.5, 0.6) is 11.5 Å². The first-order valence-corrected chi connectivity index (χ1v) is 7.46. The smallest absolute Gasteiger partial charge is 0.251 e. The Morgan fingerprint density at radius 1 is 1.14 bits per heavy atom.